The van der Waals surface area contributed by atoms with Gasteiger partial charge in [-0.15, -0.1) is 0 Å². The molecule has 0 aliphatic carbocycles. The fraction of sp³-hybridized carbons (Fsp3) is 0.111. The highest BCUT2D eigenvalue weighted by atomic mass is 79.9. The van der Waals surface area contributed by atoms with Crippen molar-refractivity contribution in [1.82, 2.24) is 9.97 Å². The molecule has 14 heavy (non-hydrogen) atoms. The second kappa shape index (κ2) is 3.37. The molecule has 0 aliphatic rings. The molecule has 1 heterocycles. The Morgan fingerprint density at radius 3 is 2.93 bits per heavy atom. The van der Waals surface area contributed by atoms with Gasteiger partial charge in [0, 0.05) is 4.47 Å². The maximum absolute atomic E-state index is 11.6. The zero-order valence-corrected chi connectivity index (χ0v) is 9.61. The van der Waals surface area contributed by atoms with Crippen LogP contribution >= 0.6 is 27.5 Å². The van der Waals surface area contributed by atoms with Gasteiger partial charge in [0.15, 0.2) is 0 Å². The van der Waals surface area contributed by atoms with Gasteiger partial charge < -0.3 is 4.98 Å². The summed E-state index contributed by atoms with van der Waals surface area (Å²) in [6.45, 7) is 1.73. The summed E-state index contributed by atoms with van der Waals surface area (Å²) in [6.07, 6.45) is 0. The van der Waals surface area contributed by atoms with Crippen molar-refractivity contribution in [3.05, 3.63) is 37.8 Å². The number of aryl methyl sites for hydroxylation is 1. The number of fused-ring (bicyclic) bond motifs is 1. The normalized spacial score (nSPS) is 10.8. The number of hydrogen-bond donors (Lipinski definition) is 1. The van der Waals surface area contributed by atoms with Gasteiger partial charge in [0.05, 0.1) is 15.9 Å². The molecule has 5 heteroatoms. The first-order chi connectivity index (χ1) is 6.59. The molecule has 0 spiro atoms. The molecule has 0 fully saturated rings. The molecule has 1 aromatic heterocycles. The number of halogens is 2. The highest BCUT2D eigenvalue weighted by Crippen LogP contribution is 2.27. The van der Waals surface area contributed by atoms with Crippen LogP contribution in [0.3, 0.4) is 0 Å². The van der Waals surface area contributed by atoms with E-state index in [0.717, 1.165) is 0 Å². The Hall–Kier alpha value is -0.870. The number of nitrogens with one attached hydrogen (secondary N) is 1. The quantitative estimate of drug-likeness (QED) is 0.802. The van der Waals surface area contributed by atoms with Gasteiger partial charge in [-0.2, -0.15) is 0 Å². The van der Waals surface area contributed by atoms with Gasteiger partial charge in [-0.1, -0.05) is 11.6 Å². The summed E-state index contributed by atoms with van der Waals surface area (Å²) in [5.41, 5.74) is 0.401. The predicted molar refractivity (Wildman–Crippen MR) is 59.8 cm³/mol. The van der Waals surface area contributed by atoms with Gasteiger partial charge in [-0.25, -0.2) is 4.98 Å². The molecule has 0 radical (unpaired) electrons. The van der Waals surface area contributed by atoms with Crippen molar-refractivity contribution in [2.45, 2.75) is 6.92 Å². The van der Waals surface area contributed by atoms with Gasteiger partial charge in [0.25, 0.3) is 5.56 Å². The number of hydrogen-bond acceptors (Lipinski definition) is 2. The SMILES string of the molecule is Cc1nc2ccc(Br)c(Cl)c2c(=O)[nH]1. The molecule has 0 bridgehead atoms. The zero-order valence-electron chi connectivity index (χ0n) is 7.27. The minimum Gasteiger partial charge on any atom is -0.310 e. The second-order valence-corrected chi connectivity index (χ2v) is 4.14. The lowest BCUT2D eigenvalue weighted by molar-refractivity contribution is 1.06. The van der Waals surface area contributed by atoms with Gasteiger partial charge in [0.1, 0.15) is 5.82 Å². The molecule has 0 saturated heterocycles. The van der Waals surface area contributed by atoms with Crippen LogP contribution in [0.2, 0.25) is 5.02 Å². The summed E-state index contributed by atoms with van der Waals surface area (Å²) < 4.78 is 0.697. The van der Waals surface area contributed by atoms with Crippen molar-refractivity contribution in [2.24, 2.45) is 0 Å². The molecule has 2 aromatic rings. The van der Waals surface area contributed by atoms with Crippen molar-refractivity contribution in [3.8, 4) is 0 Å². The van der Waals surface area contributed by atoms with E-state index in [1.807, 2.05) is 0 Å². The number of benzene rings is 1. The summed E-state index contributed by atoms with van der Waals surface area (Å²) in [4.78, 5) is 18.4. The van der Waals surface area contributed by atoms with E-state index in [2.05, 4.69) is 25.9 Å². The summed E-state index contributed by atoms with van der Waals surface area (Å²) in [5.74, 6) is 0.584. The lowest BCUT2D eigenvalue weighted by Crippen LogP contribution is -2.10. The zero-order chi connectivity index (χ0) is 10.3. The van der Waals surface area contributed by atoms with Crippen LogP contribution in [-0.4, -0.2) is 9.97 Å². The Balaban J connectivity index is 3.03. The third-order valence-electron chi connectivity index (χ3n) is 1.88. The topological polar surface area (TPSA) is 45.8 Å². The lowest BCUT2D eigenvalue weighted by Gasteiger charge is -2.01. The molecular weight excluding hydrogens is 267 g/mol. The third kappa shape index (κ3) is 1.44. The summed E-state index contributed by atoms with van der Waals surface area (Å²) in [5, 5.41) is 0.822. The summed E-state index contributed by atoms with van der Waals surface area (Å²) in [6, 6.07) is 3.53. The molecule has 0 atom stereocenters. The second-order valence-electron chi connectivity index (χ2n) is 2.91. The van der Waals surface area contributed by atoms with Crippen molar-refractivity contribution < 1.29 is 0 Å². The van der Waals surface area contributed by atoms with Crippen LogP contribution in [0.15, 0.2) is 21.4 Å². The Labute approximate surface area is 93.2 Å². The van der Waals surface area contributed by atoms with E-state index in [1.165, 1.54) is 0 Å². The summed E-state index contributed by atoms with van der Waals surface area (Å²) in [7, 11) is 0. The molecule has 0 amide bonds. The van der Waals surface area contributed by atoms with E-state index < -0.39 is 0 Å². The van der Waals surface area contributed by atoms with E-state index >= 15 is 0 Å². The smallest absolute Gasteiger partial charge is 0.260 e. The van der Waals surface area contributed by atoms with Gasteiger partial charge in [-0.05, 0) is 35.0 Å². The van der Waals surface area contributed by atoms with E-state index in [0.29, 0.717) is 26.2 Å². The van der Waals surface area contributed by atoms with Crippen LogP contribution in [0.25, 0.3) is 10.9 Å². The van der Waals surface area contributed by atoms with E-state index in [9.17, 15) is 4.79 Å². The molecule has 0 unspecified atom stereocenters. The average molecular weight is 274 g/mol. The molecule has 1 N–H and O–H groups in total. The van der Waals surface area contributed by atoms with Gasteiger partial charge in [-0.3, -0.25) is 4.79 Å². The number of aromatic amines is 1. The Bertz CT molecular complexity index is 564. The number of rotatable bonds is 0. The third-order valence-corrected chi connectivity index (χ3v) is 3.16. The van der Waals surface area contributed by atoms with Crippen molar-refractivity contribution in [3.63, 3.8) is 0 Å². The minimum absolute atomic E-state index is 0.209. The standard InChI is InChI=1S/C9H6BrClN2O/c1-4-12-6-3-2-5(10)8(11)7(6)9(14)13-4/h2-3H,1H3,(H,12,13,14). The molecule has 72 valence electrons. The summed E-state index contributed by atoms with van der Waals surface area (Å²) >= 11 is 9.23. The monoisotopic (exact) mass is 272 g/mol. The first-order valence-corrected chi connectivity index (χ1v) is 5.11. The lowest BCUT2D eigenvalue weighted by atomic mass is 10.2. The van der Waals surface area contributed by atoms with Crippen LogP contribution in [0.4, 0.5) is 0 Å². The fourth-order valence-electron chi connectivity index (χ4n) is 1.29. The molecule has 0 aliphatic heterocycles. The molecule has 0 saturated carbocycles. The van der Waals surface area contributed by atoms with Crippen LogP contribution in [0.5, 0.6) is 0 Å². The number of aromatic nitrogens is 2. The maximum atomic E-state index is 11.6. The number of nitrogens with zero attached hydrogens (tertiary/aromatic N) is 1. The van der Waals surface area contributed by atoms with Crippen molar-refractivity contribution in [1.29, 1.82) is 0 Å². The van der Waals surface area contributed by atoms with Crippen LogP contribution in [0.1, 0.15) is 5.82 Å². The average Bonchev–Trinajstić information content (AvgIpc) is 2.10. The Morgan fingerprint density at radius 2 is 2.21 bits per heavy atom. The van der Waals surface area contributed by atoms with Crippen molar-refractivity contribution in [2.75, 3.05) is 0 Å². The van der Waals surface area contributed by atoms with Gasteiger partial charge >= 0.3 is 0 Å². The predicted octanol–water partition coefficient (Wildman–Crippen LogP) is 2.65. The van der Waals surface area contributed by atoms with E-state index in [4.69, 9.17) is 11.6 Å². The Kier molecular flexibility index (Phi) is 2.33. The van der Waals surface area contributed by atoms with Crippen molar-refractivity contribution >= 4 is 38.4 Å². The maximum Gasteiger partial charge on any atom is 0.260 e. The van der Waals surface area contributed by atoms with E-state index in [1.54, 1.807) is 19.1 Å². The molecule has 2 rings (SSSR count). The fourth-order valence-corrected chi connectivity index (χ4v) is 1.86. The van der Waals surface area contributed by atoms with Crippen LogP contribution in [-0.2, 0) is 0 Å². The molecule has 1 aromatic carbocycles. The molecule has 3 nitrogen and oxygen atoms in total. The molecular formula is C9H6BrClN2O. The largest absolute Gasteiger partial charge is 0.310 e. The highest BCUT2D eigenvalue weighted by molar-refractivity contribution is 9.10. The van der Waals surface area contributed by atoms with Crippen LogP contribution < -0.4 is 5.56 Å². The highest BCUT2D eigenvalue weighted by Gasteiger charge is 2.08. The number of H-pyrrole nitrogens is 1. The van der Waals surface area contributed by atoms with E-state index in [-0.39, 0.29) is 5.56 Å². The van der Waals surface area contributed by atoms with Crippen LogP contribution in [0, 0.1) is 6.92 Å². The Morgan fingerprint density at radius 1 is 1.50 bits per heavy atom. The minimum atomic E-state index is -0.209. The first-order valence-electron chi connectivity index (χ1n) is 3.94. The van der Waals surface area contributed by atoms with Gasteiger partial charge in [0.2, 0.25) is 0 Å². The first kappa shape index (κ1) is 9.68.